The molecule has 1 saturated carbocycles. The van der Waals surface area contributed by atoms with E-state index < -0.39 is 19.6 Å². The number of amides is 1. The molecule has 1 saturated heterocycles. The fourth-order valence-electron chi connectivity index (χ4n) is 2.66. The molecule has 0 aromatic heterocycles. The van der Waals surface area contributed by atoms with Crippen LogP contribution in [-0.4, -0.2) is 47.7 Å². The molecule has 19 heavy (non-hydrogen) atoms. The number of hydrogen-bond donors (Lipinski definition) is 0. The highest BCUT2D eigenvalue weighted by Crippen LogP contribution is 2.64. The summed E-state index contributed by atoms with van der Waals surface area (Å²) in [5, 5.41) is 0. The predicted molar refractivity (Wildman–Crippen MR) is 76.2 cm³/mol. The Labute approximate surface area is 124 Å². The van der Waals surface area contributed by atoms with Crippen molar-refractivity contribution in [1.29, 1.82) is 0 Å². The van der Waals surface area contributed by atoms with E-state index in [9.17, 15) is 13.2 Å². The molecule has 4 nitrogen and oxygen atoms in total. The predicted octanol–water partition coefficient (Wildman–Crippen LogP) is 2.00. The summed E-state index contributed by atoms with van der Waals surface area (Å²) in [6.07, 6.45) is 1.74. The van der Waals surface area contributed by atoms with E-state index in [1.165, 1.54) is 0 Å². The molecule has 1 aliphatic carbocycles. The molecule has 1 heterocycles. The van der Waals surface area contributed by atoms with Gasteiger partial charge in [-0.1, -0.05) is 6.92 Å². The Hall–Kier alpha value is -0.000000000000000111. The summed E-state index contributed by atoms with van der Waals surface area (Å²) >= 11 is 12.1. The summed E-state index contributed by atoms with van der Waals surface area (Å²) in [5.74, 6) is 0.114. The van der Waals surface area contributed by atoms with Crippen molar-refractivity contribution in [3.05, 3.63) is 0 Å². The van der Waals surface area contributed by atoms with Crippen LogP contribution < -0.4 is 0 Å². The van der Waals surface area contributed by atoms with Crippen molar-refractivity contribution in [2.75, 3.05) is 18.1 Å². The van der Waals surface area contributed by atoms with E-state index >= 15 is 0 Å². The fraction of sp³-hybridized carbons (Fsp3) is 0.917. The number of rotatable bonds is 4. The van der Waals surface area contributed by atoms with E-state index in [-0.39, 0.29) is 23.5 Å². The van der Waals surface area contributed by atoms with Crippen LogP contribution in [0.3, 0.4) is 0 Å². The van der Waals surface area contributed by atoms with Crippen molar-refractivity contribution in [1.82, 2.24) is 4.90 Å². The van der Waals surface area contributed by atoms with E-state index in [1.807, 2.05) is 6.92 Å². The molecule has 2 aliphatic rings. The smallest absolute Gasteiger partial charge is 0.231 e. The first-order valence-electron chi connectivity index (χ1n) is 6.52. The molecule has 2 rings (SSSR count). The van der Waals surface area contributed by atoms with Crippen molar-refractivity contribution in [3.8, 4) is 0 Å². The summed E-state index contributed by atoms with van der Waals surface area (Å²) < 4.78 is 22.1. The molecular weight excluding hydrogens is 309 g/mol. The molecule has 0 N–H and O–H groups in total. The minimum atomic E-state index is -3.01. The second-order valence-electron chi connectivity index (χ2n) is 5.77. The molecule has 2 unspecified atom stereocenters. The normalized spacial score (nSPS) is 35.1. The third kappa shape index (κ3) is 2.74. The number of hydrogen-bond acceptors (Lipinski definition) is 3. The van der Waals surface area contributed by atoms with Crippen LogP contribution >= 0.6 is 23.2 Å². The third-order valence-corrected chi connectivity index (χ3v) is 6.96. The number of alkyl halides is 2. The highest BCUT2D eigenvalue weighted by Gasteiger charge is 2.69. The van der Waals surface area contributed by atoms with Gasteiger partial charge in [0, 0.05) is 12.6 Å². The first-order chi connectivity index (χ1) is 8.63. The van der Waals surface area contributed by atoms with Gasteiger partial charge in [-0.3, -0.25) is 4.79 Å². The van der Waals surface area contributed by atoms with E-state index in [1.54, 1.807) is 11.8 Å². The number of halogens is 2. The fourth-order valence-corrected chi connectivity index (χ4v) is 5.09. The lowest BCUT2D eigenvalue weighted by molar-refractivity contribution is -0.138. The maximum atomic E-state index is 12.6. The summed E-state index contributed by atoms with van der Waals surface area (Å²) in [4.78, 5) is 14.3. The van der Waals surface area contributed by atoms with Gasteiger partial charge >= 0.3 is 0 Å². The summed E-state index contributed by atoms with van der Waals surface area (Å²) in [6, 6.07) is -0.223. The zero-order valence-electron chi connectivity index (χ0n) is 11.2. The van der Waals surface area contributed by atoms with Crippen LogP contribution in [0.15, 0.2) is 0 Å². The largest absolute Gasteiger partial charge is 0.338 e. The van der Waals surface area contributed by atoms with Crippen molar-refractivity contribution in [2.24, 2.45) is 5.41 Å². The van der Waals surface area contributed by atoms with Gasteiger partial charge in [-0.2, -0.15) is 0 Å². The van der Waals surface area contributed by atoms with Gasteiger partial charge in [0.25, 0.3) is 0 Å². The lowest BCUT2D eigenvalue weighted by Gasteiger charge is -2.31. The molecule has 0 spiro atoms. The van der Waals surface area contributed by atoms with Gasteiger partial charge in [-0.05, 0) is 26.2 Å². The second kappa shape index (κ2) is 4.78. The van der Waals surface area contributed by atoms with Crippen molar-refractivity contribution in [3.63, 3.8) is 0 Å². The van der Waals surface area contributed by atoms with Gasteiger partial charge in [0.2, 0.25) is 5.91 Å². The summed E-state index contributed by atoms with van der Waals surface area (Å²) in [6.45, 7) is 4.27. The molecule has 0 aromatic rings. The number of sulfone groups is 1. The monoisotopic (exact) mass is 327 g/mol. The maximum Gasteiger partial charge on any atom is 0.231 e. The van der Waals surface area contributed by atoms with Crippen LogP contribution in [0.2, 0.25) is 0 Å². The third-order valence-electron chi connectivity index (χ3n) is 4.10. The Morgan fingerprint density at radius 1 is 1.42 bits per heavy atom. The molecular formula is C12H19Cl2NO3S. The first kappa shape index (κ1) is 15.4. The Balaban J connectivity index is 2.16. The van der Waals surface area contributed by atoms with Gasteiger partial charge in [-0.15, -0.1) is 23.2 Å². The average molecular weight is 328 g/mol. The van der Waals surface area contributed by atoms with Crippen LogP contribution in [0.25, 0.3) is 0 Å². The number of carbonyl (C=O) groups excluding carboxylic acids is 1. The zero-order chi connectivity index (χ0) is 14.5. The molecule has 2 atom stereocenters. The molecule has 1 amide bonds. The van der Waals surface area contributed by atoms with Gasteiger partial charge < -0.3 is 4.90 Å². The van der Waals surface area contributed by atoms with Crippen LogP contribution in [0.5, 0.6) is 0 Å². The Kier molecular flexibility index (Phi) is 3.87. The number of nitrogens with zero attached hydrogens (tertiary/aromatic N) is 1. The summed E-state index contributed by atoms with van der Waals surface area (Å²) in [5.41, 5.74) is -0.766. The Bertz CT molecular complexity index is 491. The maximum absolute atomic E-state index is 12.6. The van der Waals surface area contributed by atoms with E-state index in [0.717, 1.165) is 6.42 Å². The van der Waals surface area contributed by atoms with Crippen molar-refractivity contribution in [2.45, 2.75) is 43.5 Å². The first-order valence-corrected chi connectivity index (χ1v) is 9.10. The van der Waals surface area contributed by atoms with Crippen LogP contribution in [-0.2, 0) is 14.6 Å². The topological polar surface area (TPSA) is 54.5 Å². The molecule has 2 fully saturated rings. The Morgan fingerprint density at radius 2 is 2.00 bits per heavy atom. The lowest BCUT2D eigenvalue weighted by Crippen LogP contribution is -2.46. The SMILES string of the molecule is CCCN(C(=O)C1(C)CC1(Cl)Cl)C1CCS(=O)(=O)C1. The lowest BCUT2D eigenvalue weighted by atomic mass is 10.1. The molecule has 0 radical (unpaired) electrons. The van der Waals surface area contributed by atoms with Crippen molar-refractivity contribution >= 4 is 38.9 Å². The van der Waals surface area contributed by atoms with Gasteiger partial charge in [0.15, 0.2) is 9.84 Å². The average Bonchev–Trinajstić information content (AvgIpc) is 2.64. The van der Waals surface area contributed by atoms with E-state index in [2.05, 4.69) is 0 Å². The molecule has 110 valence electrons. The number of carbonyl (C=O) groups is 1. The van der Waals surface area contributed by atoms with Gasteiger partial charge in [-0.25, -0.2) is 8.42 Å². The Morgan fingerprint density at radius 3 is 2.37 bits per heavy atom. The molecule has 1 aliphatic heterocycles. The van der Waals surface area contributed by atoms with E-state index in [4.69, 9.17) is 23.2 Å². The highest BCUT2D eigenvalue weighted by atomic mass is 35.5. The quantitative estimate of drug-likeness (QED) is 0.742. The standard InChI is InChI=1S/C12H19Cl2NO3S/c1-3-5-15(9-4-6-19(17,18)7-9)10(16)11(2)8-12(11,13)14/h9H,3-8H2,1-2H3. The van der Waals surface area contributed by atoms with Crippen LogP contribution in [0, 0.1) is 5.41 Å². The zero-order valence-corrected chi connectivity index (χ0v) is 13.5. The van der Waals surface area contributed by atoms with Gasteiger partial charge in [0.05, 0.1) is 16.9 Å². The van der Waals surface area contributed by atoms with Gasteiger partial charge in [0.1, 0.15) is 4.33 Å². The molecule has 7 heteroatoms. The van der Waals surface area contributed by atoms with E-state index in [0.29, 0.717) is 19.4 Å². The summed E-state index contributed by atoms with van der Waals surface area (Å²) in [7, 11) is -3.01. The van der Waals surface area contributed by atoms with Crippen molar-refractivity contribution < 1.29 is 13.2 Å². The van der Waals surface area contributed by atoms with Crippen LogP contribution in [0.4, 0.5) is 0 Å². The minimum Gasteiger partial charge on any atom is -0.338 e. The second-order valence-corrected chi connectivity index (χ2v) is 9.48. The minimum absolute atomic E-state index is 0.0619. The highest BCUT2D eigenvalue weighted by molar-refractivity contribution is 7.91. The molecule has 0 bridgehead atoms. The molecule has 0 aromatic carbocycles. The van der Waals surface area contributed by atoms with Crippen LogP contribution in [0.1, 0.15) is 33.1 Å².